The number of hydrogen-bond acceptors (Lipinski definition) is 5. The second-order valence-electron chi connectivity index (χ2n) is 9.58. The van der Waals surface area contributed by atoms with Crippen LogP contribution in [0.15, 0.2) is 18.2 Å². The quantitative estimate of drug-likeness (QED) is 0.624. The molecule has 0 aromatic heterocycles. The monoisotopic (exact) mass is 413 g/mol. The van der Waals surface area contributed by atoms with Crippen molar-refractivity contribution >= 4 is 18.7 Å². The molecule has 1 aliphatic heterocycles. The molecule has 1 amide bonds. The molecule has 1 aromatic rings. The van der Waals surface area contributed by atoms with Crippen LogP contribution in [0.5, 0.6) is 11.5 Å². The van der Waals surface area contributed by atoms with Gasteiger partial charge >= 0.3 is 169 Å². The number of carbonyl (C=O) groups is 1. The van der Waals surface area contributed by atoms with Gasteiger partial charge in [-0.25, -0.2) is 0 Å². The van der Waals surface area contributed by atoms with Crippen molar-refractivity contribution in [3.8, 4) is 11.5 Å². The molecule has 0 aliphatic carbocycles. The van der Waals surface area contributed by atoms with Gasteiger partial charge in [0.15, 0.2) is 0 Å². The van der Waals surface area contributed by atoms with E-state index in [0.29, 0.717) is 16.8 Å². The van der Waals surface area contributed by atoms with Crippen molar-refractivity contribution in [2.24, 2.45) is 11.3 Å². The summed E-state index contributed by atoms with van der Waals surface area (Å²) < 4.78 is 11.8. The van der Waals surface area contributed by atoms with Crippen LogP contribution in [0.25, 0.3) is 0 Å². The molecule has 0 radical (unpaired) electrons. The molecule has 0 unspecified atom stereocenters. The summed E-state index contributed by atoms with van der Waals surface area (Å²) >= 11 is 0. The summed E-state index contributed by atoms with van der Waals surface area (Å²) in [6.07, 6.45) is 0. The van der Waals surface area contributed by atoms with E-state index in [1.165, 1.54) is 0 Å². The van der Waals surface area contributed by atoms with Gasteiger partial charge < -0.3 is 0 Å². The SMILES string of the molecule is COc1cccc2c1[PH](O)(C(C)(C)C)[C@@H](C(C)(C)C(=O)N[C@@H](CO)C(C)C)O2. The Labute approximate surface area is 169 Å². The summed E-state index contributed by atoms with van der Waals surface area (Å²) in [5, 5.41) is 12.8. The van der Waals surface area contributed by atoms with Gasteiger partial charge in [0.1, 0.15) is 0 Å². The van der Waals surface area contributed by atoms with Crippen molar-refractivity contribution in [2.75, 3.05) is 13.7 Å². The maximum absolute atomic E-state index is 13.2. The Bertz CT molecular complexity index is 728. The van der Waals surface area contributed by atoms with Crippen LogP contribution in [0.1, 0.15) is 48.5 Å². The number of aliphatic hydroxyl groups excluding tert-OH is 1. The fraction of sp³-hybridized carbons (Fsp3) is 0.667. The molecule has 2 atom stereocenters. The summed E-state index contributed by atoms with van der Waals surface area (Å²) in [5.41, 5.74) is -1.01. The molecule has 160 valence electrons. The van der Waals surface area contributed by atoms with Crippen LogP contribution in [0.4, 0.5) is 0 Å². The van der Waals surface area contributed by atoms with Crippen molar-refractivity contribution in [1.29, 1.82) is 0 Å². The maximum atomic E-state index is 13.2. The molecule has 1 heterocycles. The van der Waals surface area contributed by atoms with Crippen LogP contribution >= 0.6 is 7.49 Å². The van der Waals surface area contributed by atoms with Gasteiger partial charge in [-0.3, -0.25) is 0 Å². The fourth-order valence-corrected chi connectivity index (χ4v) is 8.18. The average Bonchev–Trinajstić information content (AvgIpc) is 2.94. The summed E-state index contributed by atoms with van der Waals surface area (Å²) in [5.74, 6) is 0.322. The second-order valence-corrected chi connectivity index (χ2v) is 13.6. The van der Waals surface area contributed by atoms with Crippen LogP contribution in [-0.4, -0.2) is 46.7 Å². The van der Waals surface area contributed by atoms with Crippen molar-refractivity contribution in [3.63, 3.8) is 0 Å². The van der Waals surface area contributed by atoms with E-state index in [2.05, 4.69) is 5.32 Å². The fourth-order valence-electron chi connectivity index (χ4n) is 3.83. The van der Waals surface area contributed by atoms with E-state index in [0.717, 1.165) is 0 Å². The van der Waals surface area contributed by atoms with E-state index in [9.17, 15) is 14.8 Å². The Morgan fingerprint density at radius 1 is 1.29 bits per heavy atom. The summed E-state index contributed by atoms with van der Waals surface area (Å²) in [4.78, 5) is 25.4. The Hall–Kier alpha value is -1.36. The Balaban J connectivity index is 2.53. The number of amides is 1. The number of ether oxygens (including phenoxy) is 2. The molecular formula is C21H36NO5P. The van der Waals surface area contributed by atoms with E-state index in [1.807, 2.05) is 52.8 Å². The minimum absolute atomic E-state index is 0.0882. The summed E-state index contributed by atoms with van der Waals surface area (Å²) in [6, 6.07) is 5.11. The molecular weight excluding hydrogens is 377 g/mol. The molecule has 1 aliphatic rings. The van der Waals surface area contributed by atoms with Gasteiger partial charge in [-0.1, -0.05) is 0 Å². The van der Waals surface area contributed by atoms with Crippen LogP contribution in [-0.2, 0) is 4.79 Å². The molecule has 0 fully saturated rings. The third-order valence-electron chi connectivity index (χ3n) is 5.92. The van der Waals surface area contributed by atoms with Gasteiger partial charge in [0.25, 0.3) is 0 Å². The first-order valence-corrected chi connectivity index (χ1v) is 11.8. The predicted molar refractivity (Wildman–Crippen MR) is 115 cm³/mol. The van der Waals surface area contributed by atoms with Gasteiger partial charge in [-0.05, 0) is 0 Å². The molecule has 3 N–H and O–H groups in total. The number of hydrogen-bond donors (Lipinski definition) is 3. The first kappa shape index (κ1) is 22.9. The molecule has 1 aromatic carbocycles. The van der Waals surface area contributed by atoms with Gasteiger partial charge in [0.05, 0.1) is 0 Å². The molecule has 6 nitrogen and oxygen atoms in total. The molecule has 7 heteroatoms. The van der Waals surface area contributed by atoms with E-state index < -0.39 is 23.9 Å². The second kappa shape index (κ2) is 7.81. The van der Waals surface area contributed by atoms with Crippen molar-refractivity contribution in [1.82, 2.24) is 5.32 Å². The average molecular weight is 413 g/mol. The first-order valence-electron chi connectivity index (χ1n) is 9.80. The number of aliphatic hydroxyl groups is 1. The first-order chi connectivity index (χ1) is 12.8. The van der Waals surface area contributed by atoms with Crippen molar-refractivity contribution in [2.45, 2.75) is 65.5 Å². The van der Waals surface area contributed by atoms with Crippen LogP contribution in [0.2, 0.25) is 0 Å². The molecule has 28 heavy (non-hydrogen) atoms. The Kier molecular flexibility index (Phi) is 6.40. The number of carbonyl (C=O) groups excluding carboxylic acids is 1. The molecule has 2 rings (SSSR count). The zero-order valence-electron chi connectivity index (χ0n) is 18.3. The van der Waals surface area contributed by atoms with Gasteiger partial charge in [-0.15, -0.1) is 0 Å². The van der Waals surface area contributed by atoms with Crippen LogP contribution in [0, 0.1) is 11.3 Å². The number of fused-ring (bicyclic) bond motifs is 1. The van der Waals surface area contributed by atoms with Crippen LogP contribution < -0.4 is 20.1 Å². The van der Waals surface area contributed by atoms with Gasteiger partial charge in [-0.2, -0.15) is 0 Å². The summed E-state index contributed by atoms with van der Waals surface area (Å²) in [7, 11) is -1.78. The zero-order chi connectivity index (χ0) is 21.5. The number of methoxy groups -OCH3 is 1. The van der Waals surface area contributed by atoms with Crippen molar-refractivity contribution in [3.05, 3.63) is 18.2 Å². The molecule has 0 saturated heterocycles. The number of rotatable bonds is 6. The number of nitrogens with one attached hydrogen (secondary N) is 1. The Morgan fingerprint density at radius 2 is 1.89 bits per heavy atom. The standard InChI is InChI=1S/C21H36NO5P/c1-13(2)14(12-23)22-18(24)21(6,7)19-27-16-11-9-10-15(26-8)17(16)28(19,25)20(3,4)5/h9-11,13-14,19,23,25,28H,12H2,1-8H3,(H,22,24)/t14-,19-/m0/s1. The van der Waals surface area contributed by atoms with Crippen molar-refractivity contribution < 1.29 is 24.3 Å². The van der Waals surface area contributed by atoms with Gasteiger partial charge in [0, 0.05) is 0 Å². The van der Waals surface area contributed by atoms with Gasteiger partial charge in [0.2, 0.25) is 0 Å². The third-order valence-corrected chi connectivity index (χ3v) is 11.1. The van der Waals surface area contributed by atoms with E-state index in [4.69, 9.17) is 9.47 Å². The normalized spacial score (nSPS) is 20.9. The Morgan fingerprint density at radius 3 is 2.36 bits per heavy atom. The molecule has 0 saturated carbocycles. The number of benzene rings is 1. The molecule has 0 spiro atoms. The van der Waals surface area contributed by atoms with E-state index in [-0.39, 0.29) is 24.5 Å². The third kappa shape index (κ3) is 3.62. The molecule has 0 bridgehead atoms. The predicted octanol–water partition coefficient (Wildman–Crippen LogP) is 2.65. The van der Waals surface area contributed by atoms with E-state index in [1.54, 1.807) is 21.0 Å². The van der Waals surface area contributed by atoms with Crippen LogP contribution in [0.3, 0.4) is 0 Å². The zero-order valence-corrected chi connectivity index (χ0v) is 19.3. The minimum atomic E-state index is -3.36. The topological polar surface area (TPSA) is 88.0 Å². The summed E-state index contributed by atoms with van der Waals surface area (Å²) in [6.45, 7) is 13.3. The van der Waals surface area contributed by atoms with E-state index >= 15 is 0 Å².